The summed E-state index contributed by atoms with van der Waals surface area (Å²) in [5, 5.41) is 12.6. The third-order valence-corrected chi connectivity index (χ3v) is 6.45. The molecule has 186 valence electrons. The summed E-state index contributed by atoms with van der Waals surface area (Å²) < 4.78 is 11.6. The van der Waals surface area contributed by atoms with Crippen molar-refractivity contribution < 1.29 is 18.7 Å². The van der Waals surface area contributed by atoms with Crippen molar-refractivity contribution in [2.75, 3.05) is 27.2 Å². The normalized spacial score (nSPS) is 15.1. The second kappa shape index (κ2) is 11.4. The molecule has 0 aliphatic carbocycles. The van der Waals surface area contributed by atoms with Crippen LogP contribution in [0.3, 0.4) is 0 Å². The number of nitrogens with one attached hydrogen (secondary N) is 1. The molecule has 1 fully saturated rings. The number of rotatable bonds is 12. The minimum atomic E-state index is -0.393. The number of carbonyl (C=O) groups excluding carboxylic acids is 2. The van der Waals surface area contributed by atoms with Crippen LogP contribution in [-0.4, -0.2) is 59.0 Å². The van der Waals surface area contributed by atoms with E-state index in [-0.39, 0.29) is 17.6 Å². The zero-order valence-corrected chi connectivity index (χ0v) is 20.6. The molecular formula is C26H33N5O4. The molecule has 1 saturated heterocycles. The highest BCUT2D eigenvalue weighted by molar-refractivity contribution is 5.84. The molecule has 35 heavy (non-hydrogen) atoms. The fourth-order valence-corrected chi connectivity index (χ4v) is 4.33. The standard InChI is InChI=1S/C26H33N5O4/c1-4-19(32)11-6-5-7-13-22(27-23(33)18-15-31(2)16-18)26-30-29-25(35-26)20-14-17-10-8-9-12-21(17)28-24(20)34-3/h8-10,12,14,18,22H,4-7,11,13,15-16H2,1-3H3,(H,27,33). The number of hydrogen-bond donors (Lipinski definition) is 1. The molecule has 3 heterocycles. The Morgan fingerprint density at radius 1 is 1.20 bits per heavy atom. The predicted molar refractivity (Wildman–Crippen MR) is 132 cm³/mol. The van der Waals surface area contributed by atoms with E-state index in [1.165, 1.54) is 0 Å². The van der Waals surface area contributed by atoms with Crippen molar-refractivity contribution in [1.29, 1.82) is 0 Å². The van der Waals surface area contributed by atoms with Crippen LogP contribution < -0.4 is 10.1 Å². The number of ether oxygens (including phenoxy) is 1. The molecular weight excluding hydrogens is 446 g/mol. The van der Waals surface area contributed by atoms with Crippen LogP contribution in [0.25, 0.3) is 22.4 Å². The Hall–Kier alpha value is -3.33. The minimum absolute atomic E-state index is 0.000960. The molecule has 2 aromatic heterocycles. The number of Topliss-reactive ketones (excluding diaryl/α,β-unsaturated/α-hetero) is 1. The number of amides is 1. The summed E-state index contributed by atoms with van der Waals surface area (Å²) in [6.45, 7) is 3.37. The number of hydrogen-bond acceptors (Lipinski definition) is 8. The summed E-state index contributed by atoms with van der Waals surface area (Å²) in [5.41, 5.74) is 1.42. The van der Waals surface area contributed by atoms with Gasteiger partial charge in [0.25, 0.3) is 5.89 Å². The maximum Gasteiger partial charge on any atom is 0.253 e. The van der Waals surface area contributed by atoms with E-state index in [1.54, 1.807) is 7.11 Å². The number of aromatic nitrogens is 3. The Morgan fingerprint density at radius 3 is 2.74 bits per heavy atom. The summed E-state index contributed by atoms with van der Waals surface area (Å²) in [6, 6.07) is 9.27. The first-order chi connectivity index (χ1) is 17.0. The molecule has 9 nitrogen and oxygen atoms in total. The lowest BCUT2D eigenvalue weighted by Gasteiger charge is -2.35. The molecule has 1 atom stereocenters. The number of methoxy groups -OCH3 is 1. The number of para-hydroxylation sites is 1. The van der Waals surface area contributed by atoms with E-state index < -0.39 is 6.04 Å². The number of pyridine rings is 1. The van der Waals surface area contributed by atoms with Crippen LogP contribution in [-0.2, 0) is 9.59 Å². The zero-order chi connectivity index (χ0) is 24.8. The van der Waals surface area contributed by atoms with Crippen LogP contribution in [0.4, 0.5) is 0 Å². The Balaban J connectivity index is 1.51. The Labute approximate surface area is 205 Å². The molecule has 0 radical (unpaired) electrons. The van der Waals surface area contributed by atoms with E-state index in [1.807, 2.05) is 44.3 Å². The van der Waals surface area contributed by atoms with Crippen molar-refractivity contribution in [2.24, 2.45) is 5.92 Å². The van der Waals surface area contributed by atoms with Gasteiger partial charge in [-0.1, -0.05) is 38.0 Å². The second-order valence-electron chi connectivity index (χ2n) is 9.15. The van der Waals surface area contributed by atoms with Gasteiger partial charge in [-0.3, -0.25) is 9.59 Å². The fourth-order valence-electron chi connectivity index (χ4n) is 4.33. The molecule has 1 N–H and O–H groups in total. The largest absolute Gasteiger partial charge is 0.480 e. The number of carbonyl (C=O) groups is 2. The molecule has 1 aliphatic heterocycles. The van der Waals surface area contributed by atoms with Gasteiger partial charge >= 0.3 is 0 Å². The lowest BCUT2D eigenvalue weighted by Crippen LogP contribution is -2.52. The van der Waals surface area contributed by atoms with Gasteiger partial charge < -0.3 is 19.4 Å². The molecule has 3 aromatic rings. The first-order valence-electron chi connectivity index (χ1n) is 12.3. The van der Waals surface area contributed by atoms with Crippen molar-refractivity contribution in [2.45, 2.75) is 51.5 Å². The van der Waals surface area contributed by atoms with Crippen LogP contribution in [0, 0.1) is 5.92 Å². The summed E-state index contributed by atoms with van der Waals surface area (Å²) >= 11 is 0. The van der Waals surface area contributed by atoms with Gasteiger partial charge in [0.2, 0.25) is 17.7 Å². The highest BCUT2D eigenvalue weighted by Crippen LogP contribution is 2.32. The van der Waals surface area contributed by atoms with Gasteiger partial charge in [0.1, 0.15) is 17.4 Å². The van der Waals surface area contributed by atoms with Gasteiger partial charge in [-0.15, -0.1) is 10.2 Å². The Bertz CT molecular complexity index is 1170. The van der Waals surface area contributed by atoms with Crippen molar-refractivity contribution in [3.05, 3.63) is 36.2 Å². The smallest absolute Gasteiger partial charge is 0.253 e. The highest BCUT2D eigenvalue weighted by Gasteiger charge is 2.32. The maximum absolute atomic E-state index is 12.8. The quantitative estimate of drug-likeness (QED) is 0.389. The van der Waals surface area contributed by atoms with Crippen LogP contribution in [0.2, 0.25) is 0 Å². The SMILES string of the molecule is CCC(=O)CCCCCC(NC(=O)C1CN(C)C1)c1nnc(-c2cc3ccccc3nc2OC)o1. The number of nitrogens with zero attached hydrogens (tertiary/aromatic N) is 4. The minimum Gasteiger partial charge on any atom is -0.480 e. The number of likely N-dealkylation sites (tertiary alicyclic amines) is 1. The van der Waals surface area contributed by atoms with Crippen LogP contribution >= 0.6 is 0 Å². The van der Waals surface area contributed by atoms with Gasteiger partial charge in [0, 0.05) is 31.3 Å². The van der Waals surface area contributed by atoms with E-state index in [2.05, 4.69) is 25.4 Å². The summed E-state index contributed by atoms with van der Waals surface area (Å²) in [6.07, 6.45) is 4.41. The third kappa shape index (κ3) is 6.03. The molecule has 9 heteroatoms. The van der Waals surface area contributed by atoms with Crippen LogP contribution in [0.1, 0.15) is 57.4 Å². The Kier molecular flexibility index (Phi) is 8.07. The fraction of sp³-hybridized carbons (Fsp3) is 0.500. The number of benzene rings is 1. The average Bonchev–Trinajstić information content (AvgIpc) is 3.34. The van der Waals surface area contributed by atoms with Crippen molar-refractivity contribution in [1.82, 2.24) is 25.4 Å². The van der Waals surface area contributed by atoms with E-state index >= 15 is 0 Å². The van der Waals surface area contributed by atoms with Crippen LogP contribution in [0.5, 0.6) is 5.88 Å². The molecule has 1 aliphatic rings. The monoisotopic (exact) mass is 479 g/mol. The number of fused-ring (bicyclic) bond motifs is 1. The van der Waals surface area contributed by atoms with Gasteiger partial charge in [-0.2, -0.15) is 0 Å². The highest BCUT2D eigenvalue weighted by atomic mass is 16.5. The summed E-state index contributed by atoms with van der Waals surface area (Å²) in [7, 11) is 3.55. The molecule has 4 rings (SSSR count). The molecule has 1 aromatic carbocycles. The molecule has 0 bridgehead atoms. The Morgan fingerprint density at radius 2 is 2.00 bits per heavy atom. The van der Waals surface area contributed by atoms with Gasteiger partial charge in [-0.25, -0.2) is 4.98 Å². The second-order valence-corrected chi connectivity index (χ2v) is 9.15. The lowest BCUT2D eigenvalue weighted by atomic mass is 9.99. The van der Waals surface area contributed by atoms with Gasteiger partial charge in [0.15, 0.2) is 0 Å². The van der Waals surface area contributed by atoms with Gasteiger partial charge in [0.05, 0.1) is 18.5 Å². The number of ketones is 1. The van der Waals surface area contributed by atoms with E-state index in [4.69, 9.17) is 9.15 Å². The number of unbranched alkanes of at least 4 members (excludes halogenated alkanes) is 2. The van der Waals surface area contributed by atoms with E-state index in [0.29, 0.717) is 42.5 Å². The summed E-state index contributed by atoms with van der Waals surface area (Å²) in [4.78, 5) is 31.0. The lowest BCUT2D eigenvalue weighted by molar-refractivity contribution is -0.130. The van der Waals surface area contributed by atoms with E-state index in [9.17, 15) is 9.59 Å². The third-order valence-electron chi connectivity index (χ3n) is 6.45. The average molecular weight is 480 g/mol. The maximum atomic E-state index is 12.8. The predicted octanol–water partition coefficient (Wildman–Crippen LogP) is 3.94. The summed E-state index contributed by atoms with van der Waals surface area (Å²) in [5.74, 6) is 1.31. The van der Waals surface area contributed by atoms with Crippen molar-refractivity contribution >= 4 is 22.6 Å². The van der Waals surface area contributed by atoms with Crippen molar-refractivity contribution in [3.63, 3.8) is 0 Å². The van der Waals surface area contributed by atoms with E-state index in [0.717, 1.165) is 43.3 Å². The first kappa shape index (κ1) is 24.8. The molecule has 1 amide bonds. The molecule has 0 saturated carbocycles. The van der Waals surface area contributed by atoms with Crippen molar-refractivity contribution in [3.8, 4) is 17.3 Å². The topological polar surface area (TPSA) is 110 Å². The first-order valence-corrected chi connectivity index (χ1v) is 12.3. The zero-order valence-electron chi connectivity index (χ0n) is 20.6. The molecule has 1 unspecified atom stereocenters. The van der Waals surface area contributed by atoms with Crippen LogP contribution in [0.15, 0.2) is 34.7 Å². The van der Waals surface area contributed by atoms with Gasteiger partial charge in [-0.05, 0) is 32.0 Å². The molecule has 0 spiro atoms.